The molecule has 0 bridgehead atoms. The number of benzene rings is 2. The first-order chi connectivity index (χ1) is 11.6. The molecule has 4 rings (SSSR count). The van der Waals surface area contributed by atoms with Gasteiger partial charge in [0.05, 0.1) is 6.21 Å². The first kappa shape index (κ1) is 15.5. The molecule has 0 unspecified atom stereocenters. The number of aromatic nitrogens is 3. The van der Waals surface area contributed by atoms with Gasteiger partial charge in [0.25, 0.3) is 5.56 Å². The number of hydrogen-bond donors (Lipinski definition) is 1. The van der Waals surface area contributed by atoms with Crippen molar-refractivity contribution in [2.75, 3.05) is 0 Å². The number of aromatic amines is 1. The van der Waals surface area contributed by atoms with Crippen molar-refractivity contribution >= 4 is 66.7 Å². The summed E-state index contributed by atoms with van der Waals surface area (Å²) in [5.74, 6) is 0. The molecule has 24 heavy (non-hydrogen) atoms. The summed E-state index contributed by atoms with van der Waals surface area (Å²) in [7, 11) is 0. The molecule has 0 aliphatic heterocycles. The molecule has 0 saturated heterocycles. The summed E-state index contributed by atoms with van der Waals surface area (Å²) in [6.45, 7) is 0. The van der Waals surface area contributed by atoms with Crippen molar-refractivity contribution in [3.8, 4) is 0 Å². The van der Waals surface area contributed by atoms with Gasteiger partial charge in [-0.25, -0.2) is 4.98 Å². The van der Waals surface area contributed by atoms with E-state index in [9.17, 15) is 4.79 Å². The fraction of sp³-hybridized carbons (Fsp3) is 0. The number of nitrogens with one attached hydrogen (secondary N) is 1. The predicted molar refractivity (Wildman–Crippen MR) is 108 cm³/mol. The van der Waals surface area contributed by atoms with Crippen LogP contribution in [0, 0.1) is 3.57 Å². The Morgan fingerprint density at radius 3 is 2.96 bits per heavy atom. The summed E-state index contributed by atoms with van der Waals surface area (Å²) in [6, 6.07) is 13.7. The highest BCUT2D eigenvalue weighted by molar-refractivity contribution is 14.1. The maximum atomic E-state index is 12.6. The molecule has 7 heteroatoms. The Labute approximate surface area is 158 Å². The second-order valence-electron chi connectivity index (χ2n) is 5.23. The zero-order valence-electron chi connectivity index (χ0n) is 12.2. The normalized spacial score (nSPS) is 11.8. The summed E-state index contributed by atoms with van der Waals surface area (Å²) in [5.41, 5.74) is 2.67. The molecule has 0 fully saturated rings. The van der Waals surface area contributed by atoms with Crippen LogP contribution in [0.2, 0.25) is 0 Å². The topological polar surface area (TPSA) is 63.0 Å². The molecule has 0 amide bonds. The number of hydrogen-bond acceptors (Lipinski definition) is 3. The van der Waals surface area contributed by atoms with Crippen LogP contribution >= 0.6 is 38.5 Å². The van der Waals surface area contributed by atoms with E-state index in [0.717, 1.165) is 24.5 Å². The molecule has 0 aliphatic carbocycles. The molecule has 5 nitrogen and oxygen atoms in total. The van der Waals surface area contributed by atoms with Crippen LogP contribution < -0.4 is 5.56 Å². The highest BCUT2D eigenvalue weighted by Crippen LogP contribution is 2.24. The van der Waals surface area contributed by atoms with Gasteiger partial charge in [0.15, 0.2) is 0 Å². The van der Waals surface area contributed by atoms with Gasteiger partial charge in [-0.1, -0.05) is 28.1 Å². The lowest BCUT2D eigenvalue weighted by atomic mass is 10.2. The van der Waals surface area contributed by atoms with Crippen molar-refractivity contribution in [2.45, 2.75) is 0 Å². The fourth-order valence-electron chi connectivity index (χ4n) is 2.52. The maximum Gasteiger partial charge on any atom is 0.298 e. The predicted octanol–water partition coefficient (Wildman–Crippen LogP) is 4.13. The molecule has 2 heterocycles. The van der Waals surface area contributed by atoms with E-state index in [1.807, 2.05) is 42.5 Å². The Morgan fingerprint density at radius 2 is 2.12 bits per heavy atom. The van der Waals surface area contributed by atoms with Gasteiger partial charge >= 0.3 is 0 Å². The molecular weight excluding hydrogens is 483 g/mol. The largest absolute Gasteiger partial charge is 0.349 e. The Balaban J connectivity index is 1.84. The minimum Gasteiger partial charge on any atom is -0.349 e. The van der Waals surface area contributed by atoms with Crippen molar-refractivity contribution in [1.82, 2.24) is 14.6 Å². The third kappa shape index (κ3) is 2.78. The second kappa shape index (κ2) is 6.14. The maximum absolute atomic E-state index is 12.6. The lowest BCUT2D eigenvalue weighted by Crippen LogP contribution is -2.17. The average molecular weight is 493 g/mol. The molecule has 0 spiro atoms. The van der Waals surface area contributed by atoms with Gasteiger partial charge in [-0.2, -0.15) is 9.78 Å². The van der Waals surface area contributed by atoms with Gasteiger partial charge < -0.3 is 4.98 Å². The lowest BCUT2D eigenvalue weighted by molar-refractivity contribution is 0.815. The molecule has 4 aromatic rings. The van der Waals surface area contributed by atoms with Crippen LogP contribution in [0.1, 0.15) is 5.56 Å². The quantitative estimate of drug-likeness (QED) is 0.338. The summed E-state index contributed by atoms with van der Waals surface area (Å²) in [6.07, 6.45) is 3.10. The van der Waals surface area contributed by atoms with E-state index in [-0.39, 0.29) is 5.56 Å². The fourth-order valence-corrected chi connectivity index (χ4v) is 3.44. The smallest absolute Gasteiger partial charge is 0.298 e. The molecule has 0 saturated carbocycles. The van der Waals surface area contributed by atoms with E-state index in [0.29, 0.717) is 11.0 Å². The Hall–Kier alpha value is -2.00. The van der Waals surface area contributed by atoms with Gasteiger partial charge in [0.1, 0.15) is 17.4 Å². The van der Waals surface area contributed by atoms with Crippen molar-refractivity contribution in [2.24, 2.45) is 5.10 Å². The molecular formula is C17H10BrIN4O. The van der Waals surface area contributed by atoms with Gasteiger partial charge in [-0.05, 0) is 58.5 Å². The number of halogens is 2. The molecule has 2 aromatic heterocycles. The highest BCUT2D eigenvalue weighted by atomic mass is 127. The van der Waals surface area contributed by atoms with E-state index in [1.54, 1.807) is 6.21 Å². The zero-order chi connectivity index (χ0) is 16.7. The number of fused-ring (bicyclic) bond motifs is 3. The summed E-state index contributed by atoms with van der Waals surface area (Å²) >= 11 is 5.68. The van der Waals surface area contributed by atoms with Crippen LogP contribution in [0.5, 0.6) is 0 Å². The molecule has 0 atom stereocenters. The van der Waals surface area contributed by atoms with E-state index in [4.69, 9.17) is 0 Å². The van der Waals surface area contributed by atoms with Crippen LogP contribution in [-0.4, -0.2) is 20.9 Å². The molecule has 1 N–H and O–H groups in total. The second-order valence-corrected chi connectivity index (χ2v) is 7.39. The summed E-state index contributed by atoms with van der Waals surface area (Å²) < 4.78 is 3.30. The first-order valence-electron chi connectivity index (χ1n) is 7.10. The average Bonchev–Trinajstić information content (AvgIpc) is 2.93. The van der Waals surface area contributed by atoms with E-state index >= 15 is 0 Å². The Kier molecular flexibility index (Phi) is 3.97. The molecule has 0 aliphatic rings. The lowest BCUT2D eigenvalue weighted by Gasteiger charge is -1.98. The third-order valence-corrected chi connectivity index (χ3v) is 4.80. The number of rotatable bonds is 2. The van der Waals surface area contributed by atoms with Crippen LogP contribution in [-0.2, 0) is 0 Å². The van der Waals surface area contributed by atoms with Crippen molar-refractivity contribution in [3.05, 3.63) is 72.8 Å². The van der Waals surface area contributed by atoms with Crippen molar-refractivity contribution in [1.29, 1.82) is 0 Å². The minimum absolute atomic E-state index is 0.228. The first-order valence-corrected chi connectivity index (χ1v) is 8.97. The zero-order valence-corrected chi connectivity index (χ0v) is 15.9. The summed E-state index contributed by atoms with van der Waals surface area (Å²) in [4.78, 5) is 20.2. The highest BCUT2D eigenvalue weighted by Gasteiger charge is 2.10. The van der Waals surface area contributed by atoms with Crippen LogP contribution in [0.4, 0.5) is 0 Å². The number of nitrogens with zero attached hydrogens (tertiary/aromatic N) is 3. The van der Waals surface area contributed by atoms with E-state index in [1.165, 1.54) is 11.0 Å². The Morgan fingerprint density at radius 1 is 1.25 bits per heavy atom. The van der Waals surface area contributed by atoms with Crippen molar-refractivity contribution < 1.29 is 0 Å². The van der Waals surface area contributed by atoms with Gasteiger partial charge in [-0.15, -0.1) is 0 Å². The molecule has 118 valence electrons. The van der Waals surface area contributed by atoms with E-state index in [2.05, 4.69) is 53.6 Å². The Bertz CT molecular complexity index is 1160. The third-order valence-electron chi connectivity index (χ3n) is 3.63. The number of H-pyrrole nitrogens is 1. The van der Waals surface area contributed by atoms with Crippen LogP contribution in [0.3, 0.4) is 0 Å². The summed E-state index contributed by atoms with van der Waals surface area (Å²) in [5, 5.41) is 5.15. The van der Waals surface area contributed by atoms with Crippen LogP contribution in [0.25, 0.3) is 21.9 Å². The van der Waals surface area contributed by atoms with Crippen LogP contribution in [0.15, 0.2) is 63.2 Å². The molecule has 2 aromatic carbocycles. The van der Waals surface area contributed by atoms with Crippen molar-refractivity contribution in [3.63, 3.8) is 0 Å². The van der Waals surface area contributed by atoms with E-state index < -0.39 is 0 Å². The standard InChI is InChI=1S/C17H10BrIN4O/c18-11-4-5-14-13(7-11)15-16(22-14)17(24)23(9-20-15)21-8-10-2-1-3-12(19)6-10/h1-9,22H/b21-8+. The molecule has 0 radical (unpaired) electrons. The van der Waals surface area contributed by atoms with Gasteiger partial charge in [-0.3, -0.25) is 4.79 Å². The minimum atomic E-state index is -0.228. The van der Waals surface area contributed by atoms with Gasteiger partial charge in [0.2, 0.25) is 0 Å². The monoisotopic (exact) mass is 492 g/mol. The van der Waals surface area contributed by atoms with Gasteiger partial charge in [0, 0.05) is 18.9 Å². The SMILES string of the molecule is O=c1c2[nH]c3ccc(Br)cc3c2ncn1/N=C/c1cccc(I)c1.